The van der Waals surface area contributed by atoms with Gasteiger partial charge in [0.25, 0.3) is 0 Å². The van der Waals surface area contributed by atoms with Crippen LogP contribution >= 0.6 is 43.2 Å². The van der Waals surface area contributed by atoms with Gasteiger partial charge < -0.3 is 0 Å². The Balaban J connectivity index is 2.44. The van der Waals surface area contributed by atoms with Gasteiger partial charge in [0, 0.05) is 11.1 Å². The standard InChI is InChI=1S/C12H7Br2FOS/c1-6-2-3-7(4-9(6)15)11(16)8-5-10(13)17-12(8)14/h2-5H,1H3. The zero-order valence-corrected chi connectivity index (χ0v) is 12.7. The van der Waals surface area contributed by atoms with Crippen molar-refractivity contribution in [2.24, 2.45) is 0 Å². The molecule has 2 rings (SSSR count). The first-order valence-electron chi connectivity index (χ1n) is 4.74. The van der Waals surface area contributed by atoms with E-state index in [4.69, 9.17) is 0 Å². The Morgan fingerprint density at radius 1 is 1.29 bits per heavy atom. The average Bonchev–Trinajstić information content (AvgIpc) is 2.61. The highest BCUT2D eigenvalue weighted by Gasteiger charge is 2.16. The number of carbonyl (C=O) groups is 1. The number of aryl methyl sites for hydroxylation is 1. The quantitative estimate of drug-likeness (QED) is 0.676. The lowest BCUT2D eigenvalue weighted by atomic mass is 10.0. The molecule has 0 unspecified atom stereocenters. The van der Waals surface area contributed by atoms with Gasteiger partial charge in [-0.05, 0) is 56.5 Å². The Kier molecular flexibility index (Phi) is 3.80. The van der Waals surface area contributed by atoms with Gasteiger partial charge in [0.15, 0.2) is 5.78 Å². The zero-order chi connectivity index (χ0) is 12.6. The molecule has 0 spiro atoms. The van der Waals surface area contributed by atoms with Gasteiger partial charge in [-0.2, -0.15) is 0 Å². The second kappa shape index (κ2) is 5.00. The zero-order valence-electron chi connectivity index (χ0n) is 8.76. The van der Waals surface area contributed by atoms with E-state index in [-0.39, 0.29) is 11.6 Å². The molecule has 0 amide bonds. The minimum absolute atomic E-state index is 0.183. The first-order valence-corrected chi connectivity index (χ1v) is 7.15. The van der Waals surface area contributed by atoms with Crippen LogP contribution in [-0.4, -0.2) is 5.78 Å². The van der Waals surface area contributed by atoms with Crippen molar-refractivity contribution in [1.29, 1.82) is 0 Å². The first-order chi connectivity index (χ1) is 7.99. The van der Waals surface area contributed by atoms with Crippen LogP contribution in [0.1, 0.15) is 21.5 Å². The number of rotatable bonds is 2. The molecule has 0 saturated carbocycles. The third-order valence-electron chi connectivity index (χ3n) is 2.34. The van der Waals surface area contributed by atoms with Crippen molar-refractivity contribution in [3.8, 4) is 0 Å². The van der Waals surface area contributed by atoms with E-state index in [1.165, 1.54) is 17.4 Å². The van der Waals surface area contributed by atoms with Crippen molar-refractivity contribution in [2.45, 2.75) is 6.92 Å². The molecule has 2 aromatic rings. The first kappa shape index (κ1) is 12.9. The molecule has 0 aliphatic heterocycles. The Morgan fingerprint density at radius 2 is 2.00 bits per heavy atom. The summed E-state index contributed by atoms with van der Waals surface area (Å²) < 4.78 is 15.0. The molecule has 88 valence electrons. The lowest BCUT2D eigenvalue weighted by molar-refractivity contribution is 0.103. The molecule has 0 aliphatic carbocycles. The summed E-state index contributed by atoms with van der Waals surface area (Å²) in [5.74, 6) is -0.543. The highest BCUT2D eigenvalue weighted by molar-refractivity contribution is 9.12. The Labute approximate surface area is 119 Å². The lowest BCUT2D eigenvalue weighted by Gasteiger charge is -2.01. The summed E-state index contributed by atoms with van der Waals surface area (Å²) in [7, 11) is 0. The van der Waals surface area contributed by atoms with E-state index in [2.05, 4.69) is 31.9 Å². The van der Waals surface area contributed by atoms with Gasteiger partial charge in [0.2, 0.25) is 0 Å². The average molecular weight is 378 g/mol. The van der Waals surface area contributed by atoms with Gasteiger partial charge in [-0.15, -0.1) is 11.3 Å². The van der Waals surface area contributed by atoms with Gasteiger partial charge in [-0.25, -0.2) is 4.39 Å². The lowest BCUT2D eigenvalue weighted by Crippen LogP contribution is -2.01. The Hall–Kier alpha value is -0.520. The molecular weight excluding hydrogens is 371 g/mol. The van der Waals surface area contributed by atoms with Crippen LogP contribution in [0.3, 0.4) is 0 Å². The predicted octanol–water partition coefficient (Wildman–Crippen LogP) is 4.95. The molecule has 0 radical (unpaired) electrons. The Morgan fingerprint density at radius 3 is 2.53 bits per heavy atom. The normalized spacial score (nSPS) is 10.6. The molecule has 5 heteroatoms. The van der Waals surface area contributed by atoms with Gasteiger partial charge in [0.1, 0.15) is 5.82 Å². The fourth-order valence-electron chi connectivity index (χ4n) is 1.38. The molecule has 0 atom stereocenters. The molecular formula is C12H7Br2FOS. The van der Waals surface area contributed by atoms with Crippen molar-refractivity contribution in [2.75, 3.05) is 0 Å². The third-order valence-corrected chi connectivity index (χ3v) is 4.67. The SMILES string of the molecule is Cc1ccc(C(=O)c2cc(Br)sc2Br)cc1F. The highest BCUT2D eigenvalue weighted by Crippen LogP contribution is 2.33. The molecule has 1 nitrogen and oxygen atoms in total. The van der Waals surface area contributed by atoms with Crippen LogP contribution in [0.15, 0.2) is 31.8 Å². The van der Waals surface area contributed by atoms with Crippen LogP contribution in [0.2, 0.25) is 0 Å². The molecule has 0 N–H and O–H groups in total. The van der Waals surface area contributed by atoms with E-state index >= 15 is 0 Å². The summed E-state index contributed by atoms with van der Waals surface area (Å²) in [5.41, 5.74) is 1.44. The fraction of sp³-hybridized carbons (Fsp3) is 0.0833. The monoisotopic (exact) mass is 376 g/mol. The molecule has 0 aliphatic rings. The summed E-state index contributed by atoms with van der Waals surface area (Å²) >= 11 is 8.05. The molecule has 0 fully saturated rings. The third kappa shape index (κ3) is 2.67. The molecule has 17 heavy (non-hydrogen) atoms. The van der Waals surface area contributed by atoms with E-state index < -0.39 is 0 Å². The van der Waals surface area contributed by atoms with Crippen molar-refractivity contribution in [3.63, 3.8) is 0 Å². The van der Waals surface area contributed by atoms with E-state index in [1.807, 2.05) is 0 Å². The van der Waals surface area contributed by atoms with Crippen LogP contribution in [0, 0.1) is 12.7 Å². The second-order valence-corrected chi connectivity index (χ2v) is 7.28. The van der Waals surface area contributed by atoms with Gasteiger partial charge in [-0.3, -0.25) is 4.79 Å². The van der Waals surface area contributed by atoms with Crippen LogP contribution in [-0.2, 0) is 0 Å². The van der Waals surface area contributed by atoms with Crippen molar-refractivity contribution < 1.29 is 9.18 Å². The predicted molar refractivity (Wildman–Crippen MR) is 74.3 cm³/mol. The minimum Gasteiger partial charge on any atom is -0.289 e. The highest BCUT2D eigenvalue weighted by atomic mass is 79.9. The van der Waals surface area contributed by atoms with Crippen LogP contribution in [0.5, 0.6) is 0 Å². The molecule has 0 saturated heterocycles. The number of thiophene rings is 1. The maximum Gasteiger partial charge on any atom is 0.195 e. The Bertz CT molecular complexity index is 592. The van der Waals surface area contributed by atoms with Crippen LogP contribution < -0.4 is 0 Å². The van der Waals surface area contributed by atoms with E-state index in [0.717, 1.165) is 7.57 Å². The van der Waals surface area contributed by atoms with Gasteiger partial charge in [0.05, 0.1) is 7.57 Å². The number of carbonyl (C=O) groups excluding carboxylic acids is 1. The van der Waals surface area contributed by atoms with Crippen LogP contribution in [0.25, 0.3) is 0 Å². The molecule has 1 heterocycles. The maximum atomic E-state index is 13.4. The number of benzene rings is 1. The molecule has 1 aromatic carbocycles. The topological polar surface area (TPSA) is 17.1 Å². The largest absolute Gasteiger partial charge is 0.289 e. The van der Waals surface area contributed by atoms with Gasteiger partial charge in [-0.1, -0.05) is 12.1 Å². The number of halogens is 3. The summed E-state index contributed by atoms with van der Waals surface area (Å²) in [6.07, 6.45) is 0. The summed E-state index contributed by atoms with van der Waals surface area (Å²) in [4.78, 5) is 12.1. The van der Waals surface area contributed by atoms with Crippen molar-refractivity contribution >= 4 is 49.0 Å². The molecule has 0 bridgehead atoms. The summed E-state index contributed by atoms with van der Waals surface area (Å²) in [6.45, 7) is 1.67. The smallest absolute Gasteiger partial charge is 0.195 e. The van der Waals surface area contributed by atoms with E-state index in [0.29, 0.717) is 16.7 Å². The van der Waals surface area contributed by atoms with Crippen LogP contribution in [0.4, 0.5) is 4.39 Å². The summed E-state index contributed by atoms with van der Waals surface area (Å²) in [5, 5.41) is 0. The second-order valence-electron chi connectivity index (χ2n) is 3.53. The number of ketones is 1. The van der Waals surface area contributed by atoms with E-state index in [1.54, 1.807) is 25.1 Å². The maximum absolute atomic E-state index is 13.4. The molecule has 1 aromatic heterocycles. The number of hydrogen-bond acceptors (Lipinski definition) is 2. The van der Waals surface area contributed by atoms with Crippen molar-refractivity contribution in [1.82, 2.24) is 0 Å². The fourth-order valence-corrected chi connectivity index (χ4v) is 4.18. The van der Waals surface area contributed by atoms with Gasteiger partial charge >= 0.3 is 0 Å². The number of hydrogen-bond donors (Lipinski definition) is 0. The minimum atomic E-state index is -0.360. The van der Waals surface area contributed by atoms with E-state index in [9.17, 15) is 9.18 Å². The summed E-state index contributed by atoms with van der Waals surface area (Å²) in [6, 6.07) is 6.25. The van der Waals surface area contributed by atoms with Crippen molar-refractivity contribution in [3.05, 3.63) is 54.3 Å².